The predicted octanol–water partition coefficient (Wildman–Crippen LogP) is 3.34. The molecule has 2 aromatic carbocycles. The second kappa shape index (κ2) is 6.36. The van der Waals surface area contributed by atoms with Gasteiger partial charge < -0.3 is 10.5 Å². The molecule has 0 spiro atoms. The van der Waals surface area contributed by atoms with Gasteiger partial charge >= 0.3 is 0 Å². The number of rotatable bonds is 5. The van der Waals surface area contributed by atoms with Crippen LogP contribution in [0, 0.1) is 5.41 Å². The Bertz CT molecular complexity index is 567. The maximum Gasteiger partial charge on any atom is 0.122 e. The van der Waals surface area contributed by atoms with Crippen molar-refractivity contribution in [2.45, 2.75) is 13.2 Å². The van der Waals surface area contributed by atoms with E-state index in [4.69, 9.17) is 27.5 Å². The number of halogens is 1. The lowest BCUT2D eigenvalue weighted by molar-refractivity contribution is 0.107. The molecule has 0 unspecified atom stereocenters. The van der Waals surface area contributed by atoms with Gasteiger partial charge in [0.1, 0.15) is 5.84 Å². The Morgan fingerprint density at radius 2 is 1.74 bits per heavy atom. The molecule has 0 radical (unpaired) electrons. The van der Waals surface area contributed by atoms with Crippen LogP contribution in [0.1, 0.15) is 16.7 Å². The molecule has 2 aromatic rings. The van der Waals surface area contributed by atoms with E-state index >= 15 is 0 Å². The Morgan fingerprint density at radius 3 is 2.42 bits per heavy atom. The Morgan fingerprint density at radius 1 is 1.05 bits per heavy atom. The van der Waals surface area contributed by atoms with Crippen molar-refractivity contribution in [1.82, 2.24) is 0 Å². The molecule has 0 saturated carbocycles. The molecule has 0 saturated heterocycles. The van der Waals surface area contributed by atoms with E-state index in [0.717, 1.165) is 16.1 Å². The van der Waals surface area contributed by atoms with Gasteiger partial charge in [-0.2, -0.15) is 0 Å². The maximum absolute atomic E-state index is 7.39. The molecular weight excluding hydrogens is 260 g/mol. The normalized spacial score (nSPS) is 10.4. The van der Waals surface area contributed by atoms with Gasteiger partial charge in [0.15, 0.2) is 0 Å². The average Bonchev–Trinajstić information content (AvgIpc) is 2.41. The van der Waals surface area contributed by atoms with Crippen molar-refractivity contribution in [3.63, 3.8) is 0 Å². The topological polar surface area (TPSA) is 59.1 Å². The molecule has 0 atom stereocenters. The zero-order valence-corrected chi connectivity index (χ0v) is 11.2. The SMILES string of the molecule is N=C(N)c1cccc(COCc2ccc(Cl)cc2)c1. The van der Waals surface area contributed by atoms with E-state index in [1.54, 1.807) is 0 Å². The molecule has 19 heavy (non-hydrogen) atoms. The summed E-state index contributed by atoms with van der Waals surface area (Å²) in [4.78, 5) is 0. The summed E-state index contributed by atoms with van der Waals surface area (Å²) in [6, 6.07) is 15.1. The number of hydrogen-bond donors (Lipinski definition) is 2. The van der Waals surface area contributed by atoms with Crippen molar-refractivity contribution in [3.05, 3.63) is 70.2 Å². The van der Waals surface area contributed by atoms with E-state index in [1.807, 2.05) is 48.5 Å². The quantitative estimate of drug-likeness (QED) is 0.649. The molecule has 4 heteroatoms. The molecule has 0 heterocycles. The highest BCUT2D eigenvalue weighted by molar-refractivity contribution is 6.30. The van der Waals surface area contributed by atoms with Crippen LogP contribution in [0.3, 0.4) is 0 Å². The lowest BCUT2D eigenvalue weighted by atomic mass is 10.1. The number of benzene rings is 2. The van der Waals surface area contributed by atoms with E-state index in [2.05, 4.69) is 0 Å². The van der Waals surface area contributed by atoms with Crippen LogP contribution in [0.25, 0.3) is 0 Å². The van der Waals surface area contributed by atoms with Gasteiger partial charge in [-0.05, 0) is 29.3 Å². The number of ether oxygens (including phenoxy) is 1. The second-order valence-electron chi connectivity index (χ2n) is 4.23. The summed E-state index contributed by atoms with van der Waals surface area (Å²) in [5, 5.41) is 8.11. The lowest BCUT2D eigenvalue weighted by Crippen LogP contribution is -2.11. The molecule has 3 nitrogen and oxygen atoms in total. The Labute approximate surface area is 117 Å². The summed E-state index contributed by atoms with van der Waals surface area (Å²) >= 11 is 5.82. The van der Waals surface area contributed by atoms with Crippen LogP contribution < -0.4 is 5.73 Å². The maximum atomic E-state index is 7.39. The summed E-state index contributed by atoms with van der Waals surface area (Å²) in [6.07, 6.45) is 0. The minimum absolute atomic E-state index is 0.0690. The first-order chi connectivity index (χ1) is 9.15. The Balaban J connectivity index is 1.90. The number of hydrogen-bond acceptors (Lipinski definition) is 2. The van der Waals surface area contributed by atoms with Crippen molar-refractivity contribution >= 4 is 17.4 Å². The smallest absolute Gasteiger partial charge is 0.122 e. The molecule has 3 N–H and O–H groups in total. The minimum Gasteiger partial charge on any atom is -0.384 e. The zero-order chi connectivity index (χ0) is 13.7. The molecule has 98 valence electrons. The van der Waals surface area contributed by atoms with Crippen LogP contribution in [0.4, 0.5) is 0 Å². The Kier molecular flexibility index (Phi) is 4.55. The van der Waals surface area contributed by atoms with Gasteiger partial charge in [-0.25, -0.2) is 0 Å². The molecule has 0 aromatic heterocycles. The number of nitrogens with two attached hydrogens (primary N) is 1. The van der Waals surface area contributed by atoms with Crippen LogP contribution in [-0.2, 0) is 18.0 Å². The van der Waals surface area contributed by atoms with Crippen molar-refractivity contribution < 1.29 is 4.74 Å². The first kappa shape index (κ1) is 13.6. The van der Waals surface area contributed by atoms with Crippen molar-refractivity contribution in [2.75, 3.05) is 0 Å². The van der Waals surface area contributed by atoms with Gasteiger partial charge in [0, 0.05) is 10.6 Å². The van der Waals surface area contributed by atoms with Gasteiger partial charge in [0.2, 0.25) is 0 Å². The largest absolute Gasteiger partial charge is 0.384 e. The van der Waals surface area contributed by atoms with Crippen LogP contribution in [0.2, 0.25) is 5.02 Å². The molecule has 0 aliphatic rings. The first-order valence-corrected chi connectivity index (χ1v) is 6.28. The zero-order valence-electron chi connectivity index (χ0n) is 10.4. The predicted molar refractivity (Wildman–Crippen MR) is 77.4 cm³/mol. The third-order valence-electron chi connectivity index (χ3n) is 2.69. The van der Waals surface area contributed by atoms with Gasteiger partial charge in [-0.1, -0.05) is 41.9 Å². The highest BCUT2D eigenvalue weighted by Crippen LogP contribution is 2.12. The van der Waals surface area contributed by atoms with Crippen LogP contribution in [-0.4, -0.2) is 5.84 Å². The minimum atomic E-state index is 0.0690. The molecule has 2 rings (SSSR count). The van der Waals surface area contributed by atoms with Crippen LogP contribution in [0.5, 0.6) is 0 Å². The van der Waals surface area contributed by atoms with E-state index in [1.165, 1.54) is 0 Å². The summed E-state index contributed by atoms with van der Waals surface area (Å²) in [5.41, 5.74) is 8.24. The Hall–Kier alpha value is -1.84. The van der Waals surface area contributed by atoms with Crippen LogP contribution >= 0.6 is 11.6 Å². The first-order valence-electron chi connectivity index (χ1n) is 5.90. The summed E-state index contributed by atoms with van der Waals surface area (Å²) < 4.78 is 5.63. The van der Waals surface area contributed by atoms with Gasteiger partial charge in [-0.3, -0.25) is 5.41 Å². The van der Waals surface area contributed by atoms with E-state index in [0.29, 0.717) is 18.8 Å². The second-order valence-corrected chi connectivity index (χ2v) is 4.67. The van der Waals surface area contributed by atoms with Crippen LogP contribution in [0.15, 0.2) is 48.5 Å². The van der Waals surface area contributed by atoms with Crippen molar-refractivity contribution in [3.8, 4) is 0 Å². The molecule has 0 aliphatic carbocycles. The fourth-order valence-electron chi connectivity index (χ4n) is 1.70. The molecule has 0 bridgehead atoms. The third kappa shape index (κ3) is 4.09. The van der Waals surface area contributed by atoms with E-state index in [-0.39, 0.29) is 5.84 Å². The molecule has 0 fully saturated rings. The van der Waals surface area contributed by atoms with Gasteiger partial charge in [0.25, 0.3) is 0 Å². The van der Waals surface area contributed by atoms with Crippen molar-refractivity contribution in [1.29, 1.82) is 5.41 Å². The summed E-state index contributed by atoms with van der Waals surface area (Å²) in [5.74, 6) is 0.0690. The van der Waals surface area contributed by atoms with Gasteiger partial charge in [-0.15, -0.1) is 0 Å². The molecular formula is C15H15ClN2O. The van der Waals surface area contributed by atoms with Gasteiger partial charge in [0.05, 0.1) is 13.2 Å². The number of amidine groups is 1. The monoisotopic (exact) mass is 274 g/mol. The standard InChI is InChI=1S/C15H15ClN2O/c16-14-6-4-11(5-7-14)9-19-10-12-2-1-3-13(8-12)15(17)18/h1-8H,9-10H2,(H3,17,18). The number of nitrogen functional groups attached to an aromatic ring is 1. The summed E-state index contributed by atoms with van der Waals surface area (Å²) in [7, 11) is 0. The number of nitrogens with one attached hydrogen (secondary N) is 1. The van der Waals surface area contributed by atoms with E-state index < -0.39 is 0 Å². The molecule has 0 aliphatic heterocycles. The average molecular weight is 275 g/mol. The molecule has 0 amide bonds. The third-order valence-corrected chi connectivity index (χ3v) is 2.94. The lowest BCUT2D eigenvalue weighted by Gasteiger charge is -2.06. The highest BCUT2D eigenvalue weighted by Gasteiger charge is 1.99. The fourth-order valence-corrected chi connectivity index (χ4v) is 1.82. The van der Waals surface area contributed by atoms with E-state index in [9.17, 15) is 0 Å². The van der Waals surface area contributed by atoms with Crippen molar-refractivity contribution in [2.24, 2.45) is 5.73 Å². The fraction of sp³-hybridized carbons (Fsp3) is 0.133. The highest BCUT2D eigenvalue weighted by atomic mass is 35.5. The summed E-state index contributed by atoms with van der Waals surface area (Å²) in [6.45, 7) is 1.02.